The second-order valence-electron chi connectivity index (χ2n) is 8.37. The highest BCUT2D eigenvalue weighted by molar-refractivity contribution is 6.30. The van der Waals surface area contributed by atoms with Gasteiger partial charge in [-0.1, -0.05) is 54.1 Å². The number of hydrogen-bond acceptors (Lipinski definition) is 3. The minimum atomic E-state index is -0.0412. The first kappa shape index (κ1) is 22.3. The molecule has 1 aliphatic heterocycles. The quantitative estimate of drug-likeness (QED) is 0.555. The number of piperazine rings is 1. The molecule has 166 valence electrons. The molecule has 1 atom stereocenters. The van der Waals surface area contributed by atoms with Crippen molar-refractivity contribution in [1.29, 1.82) is 0 Å². The van der Waals surface area contributed by atoms with Crippen LogP contribution in [0.25, 0.3) is 0 Å². The Hall–Kier alpha value is -2.89. The fourth-order valence-corrected chi connectivity index (χ4v) is 4.85. The molecule has 0 radical (unpaired) electrons. The van der Waals surface area contributed by atoms with Crippen LogP contribution in [0, 0.1) is 13.8 Å². The molecule has 1 aromatic heterocycles. The molecule has 2 aromatic carbocycles. The van der Waals surface area contributed by atoms with Crippen LogP contribution in [0.4, 0.5) is 0 Å². The van der Waals surface area contributed by atoms with Crippen LogP contribution in [-0.4, -0.2) is 52.7 Å². The van der Waals surface area contributed by atoms with E-state index < -0.39 is 0 Å². The molecule has 1 saturated heterocycles. The number of aromatic nitrogens is 1. The Bertz CT molecular complexity index is 1110. The average Bonchev–Trinajstić information content (AvgIpc) is 3.10. The number of aromatic amines is 1. The minimum absolute atomic E-state index is 0.0196. The SMILES string of the molecule is CC(=O)c1c(C)[nH]c(C(=O)N2CCN(C(c3ccccc3)c3ccc(Cl)cc3)CC2)c1C. The zero-order valence-electron chi connectivity index (χ0n) is 18.7. The standard InChI is InChI=1S/C26H28ClN3O2/c1-17-23(19(3)31)18(2)28-24(17)26(32)30-15-13-29(14-16-30)25(20-7-5-4-6-8-20)21-9-11-22(27)12-10-21/h4-12,25,28H,13-16H2,1-3H3. The summed E-state index contributed by atoms with van der Waals surface area (Å²) in [5.74, 6) is -0.0608. The molecule has 0 saturated carbocycles. The smallest absolute Gasteiger partial charge is 0.270 e. The normalized spacial score (nSPS) is 15.6. The van der Waals surface area contributed by atoms with Crippen LogP contribution in [0.5, 0.6) is 0 Å². The van der Waals surface area contributed by atoms with Crippen molar-refractivity contribution in [1.82, 2.24) is 14.8 Å². The van der Waals surface area contributed by atoms with Crippen molar-refractivity contribution in [3.05, 3.63) is 93.3 Å². The highest BCUT2D eigenvalue weighted by Crippen LogP contribution is 2.31. The van der Waals surface area contributed by atoms with E-state index in [1.807, 2.05) is 36.9 Å². The molecule has 2 heterocycles. The van der Waals surface area contributed by atoms with Gasteiger partial charge < -0.3 is 9.88 Å². The van der Waals surface area contributed by atoms with Crippen LogP contribution < -0.4 is 0 Å². The lowest BCUT2D eigenvalue weighted by atomic mass is 9.96. The third-order valence-electron chi connectivity index (χ3n) is 6.27. The van der Waals surface area contributed by atoms with Gasteiger partial charge in [-0.05, 0) is 49.6 Å². The first-order chi connectivity index (χ1) is 15.4. The van der Waals surface area contributed by atoms with Crippen LogP contribution in [0.2, 0.25) is 5.02 Å². The van der Waals surface area contributed by atoms with Gasteiger partial charge in [-0.25, -0.2) is 0 Å². The van der Waals surface area contributed by atoms with E-state index >= 15 is 0 Å². The van der Waals surface area contributed by atoms with E-state index in [4.69, 9.17) is 11.6 Å². The largest absolute Gasteiger partial charge is 0.354 e. The second kappa shape index (κ2) is 9.31. The summed E-state index contributed by atoms with van der Waals surface area (Å²) in [5, 5.41) is 0.720. The Morgan fingerprint density at radius 3 is 2.06 bits per heavy atom. The Morgan fingerprint density at radius 2 is 1.50 bits per heavy atom. The molecule has 5 nitrogen and oxygen atoms in total. The number of carbonyl (C=O) groups is 2. The third kappa shape index (κ3) is 4.36. The van der Waals surface area contributed by atoms with Crippen molar-refractivity contribution in [2.45, 2.75) is 26.8 Å². The van der Waals surface area contributed by atoms with Gasteiger partial charge in [0.05, 0.1) is 6.04 Å². The molecule has 0 bridgehead atoms. The fraction of sp³-hybridized carbons (Fsp3) is 0.308. The molecular formula is C26H28ClN3O2. The highest BCUT2D eigenvalue weighted by atomic mass is 35.5. The number of H-pyrrole nitrogens is 1. The summed E-state index contributed by atoms with van der Waals surface area (Å²) < 4.78 is 0. The molecule has 0 spiro atoms. The van der Waals surface area contributed by atoms with E-state index in [0.717, 1.165) is 29.4 Å². The zero-order chi connectivity index (χ0) is 22.8. The van der Waals surface area contributed by atoms with Gasteiger partial charge in [0.2, 0.25) is 0 Å². The molecule has 1 aliphatic rings. The monoisotopic (exact) mass is 449 g/mol. The molecule has 4 rings (SSSR count). The number of carbonyl (C=O) groups excluding carboxylic acids is 2. The van der Waals surface area contributed by atoms with Crippen LogP contribution >= 0.6 is 11.6 Å². The summed E-state index contributed by atoms with van der Waals surface area (Å²) in [4.78, 5) is 32.6. The summed E-state index contributed by atoms with van der Waals surface area (Å²) in [5.41, 5.74) is 5.05. The van der Waals surface area contributed by atoms with Gasteiger partial charge in [0, 0.05) is 42.5 Å². The lowest BCUT2D eigenvalue weighted by molar-refractivity contribution is 0.0591. The highest BCUT2D eigenvalue weighted by Gasteiger charge is 2.30. The Kier molecular flexibility index (Phi) is 6.49. The zero-order valence-corrected chi connectivity index (χ0v) is 19.4. The topological polar surface area (TPSA) is 56.4 Å². The maximum atomic E-state index is 13.2. The molecule has 1 N–H and O–H groups in total. The van der Waals surface area contributed by atoms with Crippen LogP contribution in [0.3, 0.4) is 0 Å². The molecule has 6 heteroatoms. The molecule has 3 aromatic rings. The van der Waals surface area contributed by atoms with Gasteiger partial charge in [0.15, 0.2) is 5.78 Å². The lowest BCUT2D eigenvalue weighted by Crippen LogP contribution is -2.50. The maximum absolute atomic E-state index is 13.2. The first-order valence-electron chi connectivity index (χ1n) is 10.9. The van der Waals surface area contributed by atoms with E-state index in [0.29, 0.717) is 24.3 Å². The number of nitrogens with one attached hydrogen (secondary N) is 1. The van der Waals surface area contributed by atoms with Crippen molar-refractivity contribution >= 4 is 23.3 Å². The summed E-state index contributed by atoms with van der Waals surface area (Å²) in [7, 11) is 0. The van der Waals surface area contributed by atoms with Crippen LogP contribution in [0.15, 0.2) is 54.6 Å². The van der Waals surface area contributed by atoms with E-state index in [1.54, 1.807) is 0 Å². The minimum Gasteiger partial charge on any atom is -0.354 e. The predicted molar refractivity (Wildman–Crippen MR) is 127 cm³/mol. The Morgan fingerprint density at radius 1 is 0.906 bits per heavy atom. The molecule has 32 heavy (non-hydrogen) atoms. The number of rotatable bonds is 5. The van der Waals surface area contributed by atoms with E-state index in [2.05, 4.69) is 46.3 Å². The second-order valence-corrected chi connectivity index (χ2v) is 8.81. The number of benzene rings is 2. The van der Waals surface area contributed by atoms with Gasteiger partial charge in [0.25, 0.3) is 5.91 Å². The van der Waals surface area contributed by atoms with Crippen molar-refractivity contribution in [3.8, 4) is 0 Å². The average molecular weight is 450 g/mol. The molecule has 0 aliphatic carbocycles. The van der Waals surface area contributed by atoms with Gasteiger partial charge in [0.1, 0.15) is 5.69 Å². The van der Waals surface area contributed by atoms with Crippen molar-refractivity contribution in [2.24, 2.45) is 0 Å². The number of hydrogen-bond donors (Lipinski definition) is 1. The number of Topliss-reactive ketones (excluding diaryl/α,β-unsaturated/α-hetero) is 1. The summed E-state index contributed by atoms with van der Waals surface area (Å²) in [6, 6.07) is 18.5. The summed E-state index contributed by atoms with van der Waals surface area (Å²) in [6.45, 7) is 7.99. The predicted octanol–water partition coefficient (Wildman–Crippen LogP) is 5.03. The van der Waals surface area contributed by atoms with E-state index in [1.165, 1.54) is 18.1 Å². The number of aryl methyl sites for hydroxylation is 1. The van der Waals surface area contributed by atoms with Crippen molar-refractivity contribution < 1.29 is 9.59 Å². The molecule has 1 fully saturated rings. The summed E-state index contributed by atoms with van der Waals surface area (Å²) in [6.07, 6.45) is 0. The van der Waals surface area contributed by atoms with E-state index in [9.17, 15) is 9.59 Å². The number of halogens is 1. The van der Waals surface area contributed by atoms with Gasteiger partial charge in [-0.2, -0.15) is 0 Å². The number of ketones is 1. The fourth-order valence-electron chi connectivity index (χ4n) is 4.73. The molecular weight excluding hydrogens is 422 g/mol. The van der Waals surface area contributed by atoms with Crippen LogP contribution in [0.1, 0.15) is 56.2 Å². The van der Waals surface area contributed by atoms with Gasteiger partial charge in [-0.15, -0.1) is 0 Å². The number of nitrogens with zero attached hydrogens (tertiary/aromatic N) is 2. The lowest BCUT2D eigenvalue weighted by Gasteiger charge is -2.39. The van der Waals surface area contributed by atoms with Gasteiger partial charge in [-0.3, -0.25) is 14.5 Å². The van der Waals surface area contributed by atoms with Gasteiger partial charge >= 0.3 is 0 Å². The third-order valence-corrected chi connectivity index (χ3v) is 6.52. The maximum Gasteiger partial charge on any atom is 0.270 e. The van der Waals surface area contributed by atoms with Crippen molar-refractivity contribution in [3.63, 3.8) is 0 Å². The Labute approximate surface area is 194 Å². The molecule has 1 amide bonds. The van der Waals surface area contributed by atoms with E-state index in [-0.39, 0.29) is 17.7 Å². The molecule has 1 unspecified atom stereocenters. The number of amides is 1. The summed E-state index contributed by atoms with van der Waals surface area (Å²) >= 11 is 6.12. The Balaban J connectivity index is 1.54. The first-order valence-corrected chi connectivity index (χ1v) is 11.3. The van der Waals surface area contributed by atoms with Crippen LogP contribution in [-0.2, 0) is 0 Å². The van der Waals surface area contributed by atoms with Crippen molar-refractivity contribution in [2.75, 3.05) is 26.2 Å².